The summed E-state index contributed by atoms with van der Waals surface area (Å²) >= 11 is 0. The molecule has 1 aliphatic heterocycles. The van der Waals surface area contributed by atoms with Crippen molar-refractivity contribution in [2.45, 2.75) is 31.6 Å². The highest BCUT2D eigenvalue weighted by Gasteiger charge is 2.32. The molecule has 1 unspecified atom stereocenters. The number of carbonyl (C=O) groups excluding carboxylic acids is 2. The molecular weight excluding hydrogens is 447 g/mol. The van der Waals surface area contributed by atoms with Gasteiger partial charge in [0.15, 0.2) is 0 Å². The van der Waals surface area contributed by atoms with Gasteiger partial charge >= 0.3 is 6.18 Å². The average Bonchev–Trinajstić information content (AvgIpc) is 3.36. The van der Waals surface area contributed by atoms with Crippen LogP contribution in [0.15, 0.2) is 67.3 Å². The SMILES string of the molecule is O=C(NC(Cn1cncn1)c1ccccc1)C1CCN(C(=O)c2ccc(C(F)(F)F)cc2)CC1. The van der Waals surface area contributed by atoms with Gasteiger partial charge in [-0.3, -0.25) is 14.3 Å². The normalized spacial score (nSPS) is 15.7. The fraction of sp³-hybridized carbons (Fsp3) is 0.333. The van der Waals surface area contributed by atoms with Gasteiger partial charge in [0.25, 0.3) is 5.91 Å². The van der Waals surface area contributed by atoms with Gasteiger partial charge in [-0.1, -0.05) is 30.3 Å². The number of halogens is 3. The molecule has 0 radical (unpaired) electrons. The van der Waals surface area contributed by atoms with E-state index in [0.29, 0.717) is 32.5 Å². The van der Waals surface area contributed by atoms with E-state index in [1.807, 2.05) is 30.3 Å². The Morgan fingerprint density at radius 1 is 1.03 bits per heavy atom. The number of nitrogens with one attached hydrogen (secondary N) is 1. The summed E-state index contributed by atoms with van der Waals surface area (Å²) in [5, 5.41) is 7.23. The van der Waals surface area contributed by atoms with Gasteiger partial charge < -0.3 is 10.2 Å². The molecule has 2 amide bonds. The molecule has 4 rings (SSSR count). The third-order valence-electron chi connectivity index (χ3n) is 5.97. The molecule has 1 aromatic heterocycles. The summed E-state index contributed by atoms with van der Waals surface area (Å²) in [7, 11) is 0. The Bertz CT molecular complexity index is 1090. The predicted octanol–water partition coefficient (Wildman–Crippen LogP) is 3.71. The summed E-state index contributed by atoms with van der Waals surface area (Å²) in [6.45, 7) is 1.15. The van der Waals surface area contributed by atoms with E-state index in [9.17, 15) is 22.8 Å². The first-order valence-corrected chi connectivity index (χ1v) is 11.0. The summed E-state index contributed by atoms with van der Waals surface area (Å²) in [5.74, 6) is -0.699. The number of amides is 2. The van der Waals surface area contributed by atoms with Gasteiger partial charge in [0.1, 0.15) is 12.7 Å². The molecule has 0 aliphatic carbocycles. The van der Waals surface area contributed by atoms with Crippen molar-refractivity contribution in [2.24, 2.45) is 5.92 Å². The van der Waals surface area contributed by atoms with Crippen LogP contribution in [0, 0.1) is 5.92 Å². The molecule has 34 heavy (non-hydrogen) atoms. The molecule has 0 bridgehead atoms. The molecule has 1 N–H and O–H groups in total. The van der Waals surface area contributed by atoms with E-state index in [0.717, 1.165) is 17.7 Å². The zero-order valence-electron chi connectivity index (χ0n) is 18.3. The lowest BCUT2D eigenvalue weighted by molar-refractivity contribution is -0.137. The van der Waals surface area contributed by atoms with Gasteiger partial charge in [0, 0.05) is 24.6 Å². The first-order valence-electron chi connectivity index (χ1n) is 11.0. The molecule has 10 heteroatoms. The summed E-state index contributed by atoms with van der Waals surface area (Å²) in [5.41, 5.74) is 0.354. The topological polar surface area (TPSA) is 80.1 Å². The van der Waals surface area contributed by atoms with E-state index in [1.165, 1.54) is 18.5 Å². The second-order valence-electron chi connectivity index (χ2n) is 8.23. The molecule has 7 nitrogen and oxygen atoms in total. The fourth-order valence-corrected chi connectivity index (χ4v) is 4.05. The molecular formula is C24H24F3N5O2. The van der Waals surface area contributed by atoms with E-state index >= 15 is 0 Å². The zero-order chi connectivity index (χ0) is 24.1. The highest BCUT2D eigenvalue weighted by molar-refractivity contribution is 5.94. The Morgan fingerprint density at radius 2 is 1.71 bits per heavy atom. The molecule has 1 atom stereocenters. The molecule has 1 aliphatic rings. The van der Waals surface area contributed by atoms with Crippen LogP contribution in [-0.2, 0) is 17.5 Å². The Balaban J connectivity index is 1.35. The number of benzene rings is 2. The van der Waals surface area contributed by atoms with Gasteiger partial charge in [-0.2, -0.15) is 18.3 Å². The van der Waals surface area contributed by atoms with E-state index in [2.05, 4.69) is 15.4 Å². The quantitative estimate of drug-likeness (QED) is 0.595. The Kier molecular flexibility index (Phi) is 6.95. The number of likely N-dealkylation sites (tertiary alicyclic amines) is 1. The van der Waals surface area contributed by atoms with Gasteiger partial charge in [0.2, 0.25) is 5.91 Å². The smallest absolute Gasteiger partial charge is 0.347 e. The average molecular weight is 471 g/mol. The lowest BCUT2D eigenvalue weighted by atomic mass is 9.94. The lowest BCUT2D eigenvalue weighted by Gasteiger charge is -2.32. The molecule has 3 aromatic rings. The van der Waals surface area contributed by atoms with Crippen molar-refractivity contribution in [2.75, 3.05) is 13.1 Å². The minimum absolute atomic E-state index is 0.101. The molecule has 0 saturated carbocycles. The molecule has 1 fully saturated rings. The highest BCUT2D eigenvalue weighted by atomic mass is 19.4. The number of piperidine rings is 1. The Hall–Kier alpha value is -3.69. The number of rotatable bonds is 6. The largest absolute Gasteiger partial charge is 0.416 e. The summed E-state index contributed by atoms with van der Waals surface area (Å²) in [6.07, 6.45) is -0.467. The number of alkyl halides is 3. The number of aromatic nitrogens is 3. The zero-order valence-corrected chi connectivity index (χ0v) is 18.3. The molecule has 1 saturated heterocycles. The van der Waals surface area contributed by atoms with Crippen LogP contribution in [0.25, 0.3) is 0 Å². The van der Waals surface area contributed by atoms with E-state index in [1.54, 1.807) is 15.9 Å². The van der Waals surface area contributed by atoms with Crippen molar-refractivity contribution in [3.63, 3.8) is 0 Å². The third-order valence-corrected chi connectivity index (χ3v) is 5.97. The van der Waals surface area contributed by atoms with Gasteiger partial charge in [-0.05, 0) is 42.7 Å². The van der Waals surface area contributed by atoms with E-state index < -0.39 is 11.7 Å². The van der Waals surface area contributed by atoms with Crippen LogP contribution >= 0.6 is 0 Å². The van der Waals surface area contributed by atoms with Crippen LogP contribution < -0.4 is 5.32 Å². The van der Waals surface area contributed by atoms with Crippen molar-refractivity contribution in [1.29, 1.82) is 0 Å². The van der Waals surface area contributed by atoms with E-state index in [-0.39, 0.29) is 29.3 Å². The van der Waals surface area contributed by atoms with Crippen molar-refractivity contribution < 1.29 is 22.8 Å². The number of hydrogen-bond donors (Lipinski definition) is 1. The standard InChI is InChI=1S/C24H24F3N5O2/c25-24(26,27)20-8-6-19(7-9-20)23(34)31-12-10-18(11-13-31)22(33)30-21(14-32-16-28-15-29-32)17-4-2-1-3-5-17/h1-9,15-16,18,21H,10-14H2,(H,30,33). The Morgan fingerprint density at radius 3 is 2.29 bits per heavy atom. The van der Waals surface area contributed by atoms with Crippen LogP contribution in [-0.4, -0.2) is 44.6 Å². The summed E-state index contributed by atoms with van der Waals surface area (Å²) < 4.78 is 39.9. The number of carbonyl (C=O) groups is 2. The molecule has 0 spiro atoms. The van der Waals surface area contributed by atoms with Crippen LogP contribution in [0.2, 0.25) is 0 Å². The number of hydrogen-bond acceptors (Lipinski definition) is 4. The molecule has 2 aromatic carbocycles. The van der Waals surface area contributed by atoms with Crippen molar-refractivity contribution >= 4 is 11.8 Å². The lowest BCUT2D eigenvalue weighted by Crippen LogP contribution is -2.44. The highest BCUT2D eigenvalue weighted by Crippen LogP contribution is 2.29. The van der Waals surface area contributed by atoms with Crippen LogP contribution in [0.4, 0.5) is 13.2 Å². The minimum Gasteiger partial charge on any atom is -0.347 e. The monoisotopic (exact) mass is 471 g/mol. The van der Waals surface area contributed by atoms with Gasteiger partial charge in [-0.15, -0.1) is 0 Å². The van der Waals surface area contributed by atoms with E-state index in [4.69, 9.17) is 0 Å². The number of nitrogens with zero attached hydrogens (tertiary/aromatic N) is 4. The van der Waals surface area contributed by atoms with Crippen molar-refractivity contribution in [3.05, 3.63) is 83.9 Å². The van der Waals surface area contributed by atoms with Crippen molar-refractivity contribution in [3.8, 4) is 0 Å². The second kappa shape index (κ2) is 10.1. The molecule has 178 valence electrons. The summed E-state index contributed by atoms with van der Waals surface area (Å²) in [4.78, 5) is 31.3. The first kappa shape index (κ1) is 23.5. The van der Waals surface area contributed by atoms with Gasteiger partial charge in [0.05, 0.1) is 18.2 Å². The maximum Gasteiger partial charge on any atom is 0.416 e. The maximum atomic E-state index is 13.0. The Labute approximate surface area is 194 Å². The maximum absolute atomic E-state index is 13.0. The van der Waals surface area contributed by atoms with Crippen molar-refractivity contribution in [1.82, 2.24) is 25.0 Å². The summed E-state index contributed by atoms with van der Waals surface area (Å²) in [6, 6.07) is 13.5. The third kappa shape index (κ3) is 5.62. The van der Waals surface area contributed by atoms with Crippen LogP contribution in [0.5, 0.6) is 0 Å². The predicted molar refractivity (Wildman–Crippen MR) is 117 cm³/mol. The van der Waals surface area contributed by atoms with Crippen LogP contribution in [0.3, 0.4) is 0 Å². The fourth-order valence-electron chi connectivity index (χ4n) is 4.05. The minimum atomic E-state index is -4.45. The molecule has 2 heterocycles. The van der Waals surface area contributed by atoms with Crippen LogP contribution in [0.1, 0.15) is 40.4 Å². The second-order valence-corrected chi connectivity index (χ2v) is 8.23. The van der Waals surface area contributed by atoms with Gasteiger partial charge in [-0.25, -0.2) is 4.98 Å². The first-order chi connectivity index (χ1) is 16.3.